The third-order valence-corrected chi connectivity index (χ3v) is 5.78. The maximum atomic E-state index is 12.2. The smallest absolute Gasteiger partial charge is 0.310 e. The van der Waals surface area contributed by atoms with E-state index in [1.165, 1.54) is 6.20 Å². The van der Waals surface area contributed by atoms with E-state index in [4.69, 9.17) is 0 Å². The Morgan fingerprint density at radius 3 is 2.45 bits per heavy atom. The molecule has 0 unspecified atom stereocenters. The molecular weight excluding hydrogens is 372 g/mol. The van der Waals surface area contributed by atoms with Crippen LogP contribution in [0, 0.1) is 16.0 Å². The van der Waals surface area contributed by atoms with Crippen molar-refractivity contribution in [2.75, 3.05) is 43.4 Å². The molecule has 0 bridgehead atoms. The first-order valence-electron chi connectivity index (χ1n) is 10.5. The fraction of sp³-hybridized carbons (Fsp3) is 0.700. The molecule has 0 spiro atoms. The predicted octanol–water partition coefficient (Wildman–Crippen LogP) is 2.24. The summed E-state index contributed by atoms with van der Waals surface area (Å²) in [5, 5.41) is 17.8. The van der Waals surface area contributed by atoms with Crippen molar-refractivity contribution in [2.24, 2.45) is 5.92 Å². The lowest BCUT2D eigenvalue weighted by molar-refractivity contribution is -0.384. The molecule has 1 aliphatic heterocycles. The van der Waals surface area contributed by atoms with Gasteiger partial charge in [-0.3, -0.25) is 14.9 Å². The molecule has 9 heteroatoms. The number of nitro groups is 1. The molecule has 9 nitrogen and oxygen atoms in total. The van der Waals surface area contributed by atoms with Crippen LogP contribution in [0.2, 0.25) is 0 Å². The van der Waals surface area contributed by atoms with Gasteiger partial charge in [0.15, 0.2) is 0 Å². The molecule has 1 aromatic rings. The van der Waals surface area contributed by atoms with E-state index in [-0.39, 0.29) is 34.5 Å². The lowest BCUT2D eigenvalue weighted by atomic mass is 9.85. The molecule has 3 rings (SSSR count). The highest BCUT2D eigenvalue weighted by atomic mass is 16.6. The number of likely N-dealkylation sites (N-methyl/N-ethyl adjacent to an activating group) is 1. The van der Waals surface area contributed by atoms with Gasteiger partial charge in [-0.1, -0.05) is 0 Å². The maximum absolute atomic E-state index is 12.2. The van der Waals surface area contributed by atoms with Crippen LogP contribution >= 0.6 is 0 Å². The van der Waals surface area contributed by atoms with E-state index in [1.54, 1.807) is 6.07 Å². The Hall–Kier alpha value is -2.42. The largest absolute Gasteiger partial charge is 0.377 e. The second kappa shape index (κ2) is 9.39. The predicted molar refractivity (Wildman–Crippen MR) is 113 cm³/mol. The van der Waals surface area contributed by atoms with Gasteiger partial charge >= 0.3 is 5.69 Å². The highest BCUT2D eigenvalue weighted by molar-refractivity contribution is 5.79. The lowest BCUT2D eigenvalue weighted by Crippen LogP contribution is -2.44. The van der Waals surface area contributed by atoms with E-state index >= 15 is 0 Å². The summed E-state index contributed by atoms with van der Waals surface area (Å²) >= 11 is 0. The van der Waals surface area contributed by atoms with E-state index in [0.717, 1.165) is 57.7 Å². The standard InChI is InChI=1S/C20H32N6O3/c1-14(2)22-20(27)15-4-6-16(7-5-15)23-17-12-19(21-13-18(17)26(28)29)25-10-8-24(3)9-11-25/h12-16H,4-11H2,1-3H3,(H,21,23)(H,22,27)/t15-,16+. The Balaban J connectivity index is 1.65. The number of hydrogen-bond acceptors (Lipinski definition) is 7. The van der Waals surface area contributed by atoms with E-state index in [0.29, 0.717) is 5.69 Å². The van der Waals surface area contributed by atoms with Crippen molar-refractivity contribution in [3.8, 4) is 0 Å². The van der Waals surface area contributed by atoms with Crippen LogP contribution in [0.4, 0.5) is 17.2 Å². The molecule has 2 N–H and O–H groups in total. The van der Waals surface area contributed by atoms with Gasteiger partial charge in [0.2, 0.25) is 5.91 Å². The fourth-order valence-electron chi connectivity index (χ4n) is 4.03. The molecule has 0 radical (unpaired) electrons. The zero-order valence-corrected chi connectivity index (χ0v) is 17.6. The van der Waals surface area contributed by atoms with Crippen molar-refractivity contribution in [3.63, 3.8) is 0 Å². The van der Waals surface area contributed by atoms with Crippen molar-refractivity contribution >= 4 is 23.1 Å². The maximum Gasteiger partial charge on any atom is 0.310 e. The Kier molecular flexibility index (Phi) is 6.89. The zero-order chi connectivity index (χ0) is 21.0. The van der Waals surface area contributed by atoms with Crippen LogP contribution in [0.5, 0.6) is 0 Å². The zero-order valence-electron chi connectivity index (χ0n) is 17.6. The van der Waals surface area contributed by atoms with Gasteiger partial charge in [0.05, 0.1) is 4.92 Å². The second-order valence-electron chi connectivity index (χ2n) is 8.46. The quantitative estimate of drug-likeness (QED) is 0.553. The summed E-state index contributed by atoms with van der Waals surface area (Å²) in [4.78, 5) is 32.1. The molecule has 160 valence electrons. The minimum atomic E-state index is -0.384. The Morgan fingerprint density at radius 2 is 1.86 bits per heavy atom. The monoisotopic (exact) mass is 404 g/mol. The average molecular weight is 405 g/mol. The van der Waals surface area contributed by atoms with Gasteiger partial charge in [-0.25, -0.2) is 4.98 Å². The van der Waals surface area contributed by atoms with Crippen LogP contribution in [-0.4, -0.2) is 66.0 Å². The van der Waals surface area contributed by atoms with E-state index in [2.05, 4.69) is 32.5 Å². The number of nitrogens with zero attached hydrogens (tertiary/aromatic N) is 4. The lowest BCUT2D eigenvalue weighted by Gasteiger charge is -2.33. The van der Waals surface area contributed by atoms with Crippen molar-refractivity contribution < 1.29 is 9.72 Å². The number of carbonyl (C=O) groups is 1. The Morgan fingerprint density at radius 1 is 1.21 bits per heavy atom. The topological polar surface area (TPSA) is 104 Å². The molecule has 0 aromatic carbocycles. The minimum Gasteiger partial charge on any atom is -0.377 e. The molecule has 1 aromatic heterocycles. The molecule has 0 atom stereocenters. The van der Waals surface area contributed by atoms with Crippen LogP contribution in [0.3, 0.4) is 0 Å². The van der Waals surface area contributed by atoms with E-state index in [9.17, 15) is 14.9 Å². The molecule has 1 saturated carbocycles. The van der Waals surface area contributed by atoms with Gasteiger partial charge in [-0.05, 0) is 46.6 Å². The van der Waals surface area contributed by atoms with Crippen LogP contribution in [0.15, 0.2) is 12.3 Å². The van der Waals surface area contributed by atoms with Crippen molar-refractivity contribution in [1.82, 2.24) is 15.2 Å². The van der Waals surface area contributed by atoms with Crippen LogP contribution in [0.25, 0.3) is 0 Å². The SMILES string of the molecule is CC(C)NC(=O)[C@H]1CC[C@@H](Nc2cc(N3CCN(C)CC3)ncc2[N+](=O)[O-])CC1. The molecule has 29 heavy (non-hydrogen) atoms. The molecule has 2 heterocycles. The third-order valence-electron chi connectivity index (χ3n) is 5.78. The van der Waals surface area contributed by atoms with Gasteiger partial charge in [0.1, 0.15) is 17.7 Å². The summed E-state index contributed by atoms with van der Waals surface area (Å²) in [5.41, 5.74) is 0.525. The summed E-state index contributed by atoms with van der Waals surface area (Å²) in [6, 6.07) is 2.08. The number of nitrogens with one attached hydrogen (secondary N) is 2. The molecule has 2 aliphatic rings. The van der Waals surface area contributed by atoms with Crippen LogP contribution < -0.4 is 15.5 Å². The first kappa shape index (κ1) is 21.3. The number of aromatic nitrogens is 1. The molecule has 2 fully saturated rings. The number of pyridine rings is 1. The van der Waals surface area contributed by atoms with Crippen molar-refractivity contribution in [2.45, 2.75) is 51.6 Å². The average Bonchev–Trinajstić information content (AvgIpc) is 2.68. The van der Waals surface area contributed by atoms with Gasteiger partial charge in [0, 0.05) is 50.2 Å². The summed E-state index contributed by atoms with van der Waals surface area (Å²) in [6.45, 7) is 7.54. The second-order valence-corrected chi connectivity index (χ2v) is 8.46. The first-order valence-corrected chi connectivity index (χ1v) is 10.5. The Labute approximate surface area is 172 Å². The molecule has 1 saturated heterocycles. The van der Waals surface area contributed by atoms with Crippen LogP contribution in [-0.2, 0) is 4.79 Å². The highest BCUT2D eigenvalue weighted by Gasteiger charge is 2.28. The number of piperazine rings is 1. The highest BCUT2D eigenvalue weighted by Crippen LogP contribution is 2.32. The molecular formula is C20H32N6O3. The number of amides is 1. The van der Waals surface area contributed by atoms with E-state index < -0.39 is 0 Å². The minimum absolute atomic E-state index is 0.00236. The van der Waals surface area contributed by atoms with Gasteiger partial charge in [-0.15, -0.1) is 0 Å². The van der Waals surface area contributed by atoms with Crippen molar-refractivity contribution in [1.29, 1.82) is 0 Å². The fourth-order valence-corrected chi connectivity index (χ4v) is 4.03. The molecule has 1 aliphatic carbocycles. The van der Waals surface area contributed by atoms with Gasteiger partial charge < -0.3 is 20.4 Å². The number of hydrogen-bond donors (Lipinski definition) is 2. The normalized spacial score (nSPS) is 23.1. The number of rotatable bonds is 6. The summed E-state index contributed by atoms with van der Waals surface area (Å²) < 4.78 is 0. The Bertz CT molecular complexity index is 725. The summed E-state index contributed by atoms with van der Waals surface area (Å²) in [7, 11) is 2.09. The third kappa shape index (κ3) is 5.56. The van der Waals surface area contributed by atoms with Crippen molar-refractivity contribution in [3.05, 3.63) is 22.4 Å². The summed E-state index contributed by atoms with van der Waals surface area (Å²) in [5.74, 6) is 0.922. The molecule has 1 amide bonds. The van der Waals surface area contributed by atoms with Crippen LogP contribution in [0.1, 0.15) is 39.5 Å². The van der Waals surface area contributed by atoms with Gasteiger partial charge in [-0.2, -0.15) is 0 Å². The van der Waals surface area contributed by atoms with Gasteiger partial charge in [0.25, 0.3) is 0 Å². The number of anilines is 2. The summed E-state index contributed by atoms with van der Waals surface area (Å²) in [6.07, 6.45) is 4.58. The number of carbonyl (C=O) groups excluding carboxylic acids is 1. The first-order chi connectivity index (χ1) is 13.8. The van der Waals surface area contributed by atoms with E-state index in [1.807, 2.05) is 13.8 Å².